The molecule has 2 N–H and O–H groups in total. The van der Waals surface area contributed by atoms with Crippen LogP contribution in [0.2, 0.25) is 0 Å². The van der Waals surface area contributed by atoms with Gasteiger partial charge in [0, 0.05) is 41.2 Å². The number of hydrogen-bond acceptors (Lipinski definition) is 7. The fourth-order valence-electron chi connectivity index (χ4n) is 4.91. The second-order valence-electron chi connectivity index (χ2n) is 9.01. The highest BCUT2D eigenvalue weighted by Crippen LogP contribution is 2.39. The van der Waals surface area contributed by atoms with E-state index in [0.717, 1.165) is 5.56 Å². The van der Waals surface area contributed by atoms with Gasteiger partial charge in [0.1, 0.15) is 11.5 Å². The Bertz CT molecular complexity index is 1650. The fourth-order valence-corrected chi connectivity index (χ4v) is 4.91. The number of hydrogen-bond donors (Lipinski definition) is 2. The number of benzene rings is 2. The van der Waals surface area contributed by atoms with Gasteiger partial charge in [0.05, 0.1) is 17.5 Å². The first-order chi connectivity index (χ1) is 17.4. The van der Waals surface area contributed by atoms with Gasteiger partial charge in [-0.05, 0) is 43.2 Å². The molecule has 0 fully saturated rings. The highest BCUT2D eigenvalue weighted by Gasteiger charge is 2.34. The molecule has 0 aliphatic carbocycles. The Labute approximate surface area is 204 Å². The van der Waals surface area contributed by atoms with Crippen LogP contribution < -0.4 is 25.3 Å². The van der Waals surface area contributed by atoms with Gasteiger partial charge in [0.25, 0.3) is 11.1 Å². The first-order valence-electron chi connectivity index (χ1n) is 11.6. The van der Waals surface area contributed by atoms with Crippen molar-refractivity contribution < 1.29 is 24.1 Å². The number of aromatic nitrogens is 2. The van der Waals surface area contributed by atoms with Crippen LogP contribution in [0, 0.1) is 6.92 Å². The van der Waals surface area contributed by atoms with Crippen molar-refractivity contribution in [2.75, 3.05) is 6.79 Å². The predicted octanol–water partition coefficient (Wildman–Crippen LogP) is 3.12. The lowest BCUT2D eigenvalue weighted by molar-refractivity contribution is -0.135. The van der Waals surface area contributed by atoms with Crippen molar-refractivity contribution in [2.45, 2.75) is 32.2 Å². The second kappa shape index (κ2) is 8.30. The molecule has 4 aromatic rings. The number of phenolic OH excluding ortho intramolecular Hbond substituents is 1. The first kappa shape index (κ1) is 22.0. The third-order valence-corrected chi connectivity index (χ3v) is 6.75. The molecular formula is C27H22N2O7. The third kappa shape index (κ3) is 3.69. The summed E-state index contributed by atoms with van der Waals surface area (Å²) in [5, 5.41) is 10.2. The lowest BCUT2D eigenvalue weighted by Gasteiger charge is -2.26. The lowest BCUT2D eigenvalue weighted by atomic mass is 9.87. The fraction of sp³-hybridized carbons (Fsp3) is 0.222. The number of nitrogens with zero attached hydrogens (tertiary/aromatic N) is 1. The smallest absolute Gasteiger partial charge is 0.312 e. The van der Waals surface area contributed by atoms with Crippen LogP contribution in [-0.2, 0) is 17.8 Å². The van der Waals surface area contributed by atoms with E-state index in [1.54, 1.807) is 60.0 Å². The van der Waals surface area contributed by atoms with Crippen LogP contribution in [-0.4, -0.2) is 27.4 Å². The van der Waals surface area contributed by atoms with Crippen molar-refractivity contribution in [1.82, 2.24) is 9.55 Å². The summed E-state index contributed by atoms with van der Waals surface area (Å²) in [6.45, 7) is 2.27. The van der Waals surface area contributed by atoms with Crippen molar-refractivity contribution in [3.63, 3.8) is 0 Å². The molecule has 0 unspecified atom stereocenters. The van der Waals surface area contributed by atoms with Crippen LogP contribution >= 0.6 is 0 Å². The summed E-state index contributed by atoms with van der Waals surface area (Å²) in [6, 6.07) is 13.7. The molecule has 4 heterocycles. The van der Waals surface area contributed by atoms with Crippen LogP contribution in [0.5, 0.6) is 23.0 Å². The van der Waals surface area contributed by atoms with Crippen LogP contribution in [0.3, 0.4) is 0 Å². The monoisotopic (exact) mass is 486 g/mol. The van der Waals surface area contributed by atoms with Gasteiger partial charge in [-0.2, -0.15) is 0 Å². The molecule has 0 saturated carbocycles. The molecule has 0 radical (unpaired) electrons. The number of pyridine rings is 2. The molecular weight excluding hydrogens is 464 g/mol. The molecule has 9 nitrogen and oxygen atoms in total. The number of aromatic hydroxyl groups is 1. The molecule has 2 aromatic carbocycles. The van der Waals surface area contributed by atoms with E-state index in [1.807, 2.05) is 0 Å². The quantitative estimate of drug-likeness (QED) is 0.425. The van der Waals surface area contributed by atoms with Crippen molar-refractivity contribution in [3.05, 3.63) is 91.6 Å². The molecule has 0 amide bonds. The summed E-state index contributed by atoms with van der Waals surface area (Å²) in [4.78, 5) is 42.2. The summed E-state index contributed by atoms with van der Waals surface area (Å²) >= 11 is 0. The normalized spacial score (nSPS) is 16.1. The molecule has 2 aromatic heterocycles. The van der Waals surface area contributed by atoms with E-state index in [1.165, 1.54) is 0 Å². The third-order valence-electron chi connectivity index (χ3n) is 6.75. The van der Waals surface area contributed by atoms with Gasteiger partial charge in [-0.25, -0.2) is 0 Å². The standard InChI is InChI=1S/C27H22N2O7/c1-14-8-23-25(27(33)29(14)7-6-15-2-4-17(30)5-3-15)18(11-24(31)36-23)19-9-16-10-21-22(35-13-34-21)12-20(16)28-26(19)32/h2-5,8-10,12,18,30H,6-7,11,13H2,1H3,(H,28,32)/t18-/m1/s1. The topological polar surface area (TPSA) is 120 Å². The van der Waals surface area contributed by atoms with E-state index in [4.69, 9.17) is 14.2 Å². The zero-order valence-electron chi connectivity index (χ0n) is 19.4. The maximum atomic E-state index is 13.7. The van der Waals surface area contributed by atoms with E-state index in [-0.39, 0.29) is 41.4 Å². The average molecular weight is 486 g/mol. The summed E-state index contributed by atoms with van der Waals surface area (Å²) in [7, 11) is 0. The molecule has 182 valence electrons. The summed E-state index contributed by atoms with van der Waals surface area (Å²) in [5.74, 6) is 0.215. The minimum absolute atomic E-state index is 0.105. The number of aryl methyl sites for hydroxylation is 2. The molecule has 2 aliphatic rings. The van der Waals surface area contributed by atoms with Crippen molar-refractivity contribution in [3.8, 4) is 23.0 Å². The highest BCUT2D eigenvalue weighted by atomic mass is 16.7. The Morgan fingerprint density at radius 3 is 2.53 bits per heavy atom. The Hall–Kier alpha value is -4.53. The lowest BCUT2D eigenvalue weighted by Crippen LogP contribution is -2.35. The summed E-state index contributed by atoms with van der Waals surface area (Å²) in [6.07, 6.45) is 0.441. The Balaban J connectivity index is 1.44. The number of phenols is 1. The highest BCUT2D eigenvalue weighted by molar-refractivity contribution is 5.84. The second-order valence-corrected chi connectivity index (χ2v) is 9.01. The average Bonchev–Trinajstić information content (AvgIpc) is 3.29. The summed E-state index contributed by atoms with van der Waals surface area (Å²) < 4.78 is 17.9. The Kier molecular flexibility index (Phi) is 5.06. The van der Waals surface area contributed by atoms with E-state index in [0.29, 0.717) is 46.6 Å². The molecule has 1 atom stereocenters. The van der Waals surface area contributed by atoms with Crippen molar-refractivity contribution in [2.24, 2.45) is 0 Å². The van der Waals surface area contributed by atoms with Crippen LogP contribution in [0.15, 0.2) is 58.1 Å². The van der Waals surface area contributed by atoms with Crippen LogP contribution in [0.25, 0.3) is 10.9 Å². The molecule has 0 spiro atoms. The van der Waals surface area contributed by atoms with Gasteiger partial charge in [-0.1, -0.05) is 12.1 Å². The van der Waals surface area contributed by atoms with Crippen LogP contribution in [0.4, 0.5) is 0 Å². The van der Waals surface area contributed by atoms with Gasteiger partial charge < -0.3 is 28.9 Å². The zero-order chi connectivity index (χ0) is 25.0. The SMILES string of the molecule is Cc1cc2c(c(=O)n1CCc1ccc(O)cc1)[C@@H](c1cc3cc4c(cc3[nH]c1=O)OCO4)CC(=O)O2. The number of nitrogens with one attached hydrogen (secondary N) is 1. The van der Waals surface area contributed by atoms with Gasteiger partial charge in [-0.15, -0.1) is 0 Å². The molecule has 0 bridgehead atoms. The van der Waals surface area contributed by atoms with E-state index < -0.39 is 11.9 Å². The number of H-pyrrole nitrogens is 1. The predicted molar refractivity (Wildman–Crippen MR) is 130 cm³/mol. The first-order valence-corrected chi connectivity index (χ1v) is 11.6. The number of rotatable bonds is 4. The number of carbonyl (C=O) groups excluding carboxylic acids is 1. The molecule has 6 rings (SSSR count). The largest absolute Gasteiger partial charge is 0.508 e. The number of carbonyl (C=O) groups is 1. The molecule has 0 saturated heterocycles. The minimum Gasteiger partial charge on any atom is -0.508 e. The van der Waals surface area contributed by atoms with Crippen molar-refractivity contribution in [1.29, 1.82) is 0 Å². The number of ether oxygens (including phenoxy) is 3. The maximum absolute atomic E-state index is 13.7. The van der Waals surface area contributed by atoms with Crippen molar-refractivity contribution >= 4 is 16.9 Å². The van der Waals surface area contributed by atoms with Gasteiger partial charge in [-0.3, -0.25) is 14.4 Å². The number of esters is 1. The molecule has 9 heteroatoms. The summed E-state index contributed by atoms with van der Waals surface area (Å²) in [5.41, 5.74) is 2.09. The molecule has 2 aliphatic heterocycles. The van der Waals surface area contributed by atoms with E-state index in [9.17, 15) is 19.5 Å². The maximum Gasteiger partial charge on any atom is 0.312 e. The zero-order valence-corrected chi connectivity index (χ0v) is 19.4. The Morgan fingerprint density at radius 1 is 1.00 bits per heavy atom. The minimum atomic E-state index is -0.757. The van der Waals surface area contributed by atoms with Gasteiger partial charge >= 0.3 is 5.97 Å². The van der Waals surface area contributed by atoms with Gasteiger partial charge in [0.15, 0.2) is 11.5 Å². The molecule has 36 heavy (non-hydrogen) atoms. The Morgan fingerprint density at radius 2 is 1.75 bits per heavy atom. The number of fused-ring (bicyclic) bond motifs is 3. The van der Waals surface area contributed by atoms with E-state index in [2.05, 4.69) is 4.98 Å². The van der Waals surface area contributed by atoms with Gasteiger partial charge in [0.2, 0.25) is 6.79 Å². The van der Waals surface area contributed by atoms with Crippen LogP contribution in [0.1, 0.15) is 34.7 Å². The van der Waals surface area contributed by atoms with E-state index >= 15 is 0 Å². The number of aromatic amines is 1.